The van der Waals surface area contributed by atoms with Gasteiger partial charge < -0.3 is 19.9 Å². The second-order valence-corrected chi connectivity index (χ2v) is 5.45. The molecule has 0 aliphatic carbocycles. The van der Waals surface area contributed by atoms with Crippen molar-refractivity contribution >= 4 is 18.1 Å². The Morgan fingerprint density at radius 2 is 1.92 bits per heavy atom. The number of amides is 1. The monoisotopic (exact) mass is 355 g/mol. The molecule has 2 aromatic rings. The van der Waals surface area contributed by atoms with Gasteiger partial charge in [0.05, 0.1) is 7.11 Å². The van der Waals surface area contributed by atoms with E-state index in [1.165, 1.54) is 19.2 Å². The van der Waals surface area contributed by atoms with E-state index in [-0.39, 0.29) is 17.9 Å². The number of hydrogen-bond acceptors (Lipinski definition) is 5. The maximum Gasteiger partial charge on any atom is 0.407 e. The molecular formula is C20H21NO5. The number of nitrogens with one attached hydrogen (secondary N) is 1. The van der Waals surface area contributed by atoms with Gasteiger partial charge in [0, 0.05) is 6.54 Å². The maximum absolute atomic E-state index is 11.6. The number of hydrogen-bond donors (Lipinski definition) is 2. The average molecular weight is 355 g/mol. The number of methoxy groups -OCH3 is 1. The highest BCUT2D eigenvalue weighted by molar-refractivity contribution is 5.92. The summed E-state index contributed by atoms with van der Waals surface area (Å²) in [5.41, 5.74) is 1.78. The summed E-state index contributed by atoms with van der Waals surface area (Å²) in [6, 6.07) is 14.1. The Bertz CT molecular complexity index is 771. The number of alkyl carbamates (subject to hydrolysis) is 1. The van der Waals surface area contributed by atoms with Crippen LogP contribution in [0, 0.1) is 0 Å². The van der Waals surface area contributed by atoms with Crippen molar-refractivity contribution in [2.24, 2.45) is 0 Å². The summed E-state index contributed by atoms with van der Waals surface area (Å²) in [4.78, 5) is 23.0. The lowest BCUT2D eigenvalue weighted by Gasteiger charge is -2.06. The van der Waals surface area contributed by atoms with Crippen LogP contribution in [0.1, 0.15) is 27.9 Å². The van der Waals surface area contributed by atoms with Crippen molar-refractivity contribution in [3.63, 3.8) is 0 Å². The fraction of sp³-hybridized carbons (Fsp3) is 0.200. The van der Waals surface area contributed by atoms with Gasteiger partial charge in [0.2, 0.25) is 0 Å². The molecule has 26 heavy (non-hydrogen) atoms. The van der Waals surface area contributed by atoms with Crippen LogP contribution >= 0.6 is 0 Å². The van der Waals surface area contributed by atoms with Gasteiger partial charge in [0.1, 0.15) is 17.9 Å². The van der Waals surface area contributed by atoms with E-state index in [4.69, 9.17) is 4.74 Å². The van der Waals surface area contributed by atoms with Gasteiger partial charge in [0.25, 0.3) is 0 Å². The van der Waals surface area contributed by atoms with Crippen LogP contribution in [0.2, 0.25) is 0 Å². The molecule has 0 spiro atoms. The number of ether oxygens (including phenoxy) is 2. The molecular weight excluding hydrogens is 334 g/mol. The van der Waals surface area contributed by atoms with E-state index in [1.807, 2.05) is 36.4 Å². The van der Waals surface area contributed by atoms with Crippen LogP contribution in [0.5, 0.6) is 5.75 Å². The molecule has 0 unspecified atom stereocenters. The predicted octanol–water partition coefficient (Wildman–Crippen LogP) is 3.51. The average Bonchev–Trinajstić information content (AvgIpc) is 2.66. The standard InChI is InChI=1S/C20H21NO5/c1-25-19(23)17-11-10-15(13-18(17)22)7-5-6-12-21-20(24)26-14-16-8-3-2-4-9-16/h2-5,7-11,13,22H,6,12,14H2,1H3,(H,21,24). The number of phenols is 1. The van der Waals surface area contributed by atoms with Crippen molar-refractivity contribution in [1.82, 2.24) is 5.32 Å². The smallest absolute Gasteiger partial charge is 0.407 e. The summed E-state index contributed by atoms with van der Waals surface area (Å²) in [5, 5.41) is 12.5. The molecule has 0 radical (unpaired) electrons. The minimum Gasteiger partial charge on any atom is -0.507 e. The van der Waals surface area contributed by atoms with Crippen LogP contribution in [0.25, 0.3) is 6.08 Å². The lowest BCUT2D eigenvalue weighted by molar-refractivity contribution is 0.0597. The topological polar surface area (TPSA) is 84.9 Å². The number of phenolic OH excluding ortho intramolecular Hbond substituents is 1. The molecule has 0 bridgehead atoms. The molecule has 0 saturated carbocycles. The van der Waals surface area contributed by atoms with Gasteiger partial charge in [-0.25, -0.2) is 9.59 Å². The van der Waals surface area contributed by atoms with E-state index in [2.05, 4.69) is 10.1 Å². The van der Waals surface area contributed by atoms with Crippen molar-refractivity contribution in [1.29, 1.82) is 0 Å². The fourth-order valence-electron chi connectivity index (χ4n) is 2.19. The molecule has 0 heterocycles. The molecule has 136 valence electrons. The van der Waals surface area contributed by atoms with Gasteiger partial charge in [-0.3, -0.25) is 0 Å². The Kier molecular flexibility index (Phi) is 7.24. The summed E-state index contributed by atoms with van der Waals surface area (Å²) < 4.78 is 9.68. The van der Waals surface area contributed by atoms with Gasteiger partial charge in [-0.2, -0.15) is 0 Å². The third kappa shape index (κ3) is 5.98. The van der Waals surface area contributed by atoms with E-state index in [0.717, 1.165) is 11.1 Å². The zero-order valence-electron chi connectivity index (χ0n) is 14.5. The van der Waals surface area contributed by atoms with Gasteiger partial charge >= 0.3 is 12.1 Å². The van der Waals surface area contributed by atoms with E-state index in [0.29, 0.717) is 13.0 Å². The minimum atomic E-state index is -0.587. The Labute approximate surface area is 152 Å². The largest absolute Gasteiger partial charge is 0.507 e. The highest BCUT2D eigenvalue weighted by atomic mass is 16.5. The van der Waals surface area contributed by atoms with Crippen LogP contribution in [-0.2, 0) is 16.1 Å². The Morgan fingerprint density at radius 3 is 2.62 bits per heavy atom. The molecule has 6 heteroatoms. The summed E-state index contributed by atoms with van der Waals surface area (Å²) >= 11 is 0. The van der Waals surface area contributed by atoms with Crippen molar-refractivity contribution in [2.45, 2.75) is 13.0 Å². The number of esters is 1. The lowest BCUT2D eigenvalue weighted by Crippen LogP contribution is -2.24. The molecule has 0 fully saturated rings. The molecule has 0 aromatic heterocycles. The first-order valence-electron chi connectivity index (χ1n) is 8.12. The highest BCUT2D eigenvalue weighted by Crippen LogP contribution is 2.20. The molecule has 0 saturated heterocycles. The fourth-order valence-corrected chi connectivity index (χ4v) is 2.19. The SMILES string of the molecule is COC(=O)c1ccc(C=CCCNC(=O)OCc2ccccc2)cc1O. The molecule has 0 aliphatic heterocycles. The van der Waals surface area contributed by atoms with E-state index in [1.54, 1.807) is 12.1 Å². The van der Waals surface area contributed by atoms with Crippen molar-refractivity contribution in [2.75, 3.05) is 13.7 Å². The Morgan fingerprint density at radius 1 is 1.15 bits per heavy atom. The van der Waals surface area contributed by atoms with Gasteiger partial charge in [0.15, 0.2) is 0 Å². The highest BCUT2D eigenvalue weighted by Gasteiger charge is 2.10. The third-order valence-electron chi connectivity index (χ3n) is 3.53. The van der Waals surface area contributed by atoms with E-state index in [9.17, 15) is 14.7 Å². The van der Waals surface area contributed by atoms with Gasteiger partial charge in [-0.1, -0.05) is 48.6 Å². The number of benzene rings is 2. The van der Waals surface area contributed by atoms with Crippen molar-refractivity contribution < 1.29 is 24.2 Å². The van der Waals surface area contributed by atoms with E-state index >= 15 is 0 Å². The summed E-state index contributed by atoms with van der Waals surface area (Å²) in [7, 11) is 1.26. The van der Waals surface area contributed by atoms with Crippen molar-refractivity contribution in [3.05, 3.63) is 71.3 Å². The van der Waals surface area contributed by atoms with Crippen LogP contribution in [0.4, 0.5) is 4.79 Å². The van der Waals surface area contributed by atoms with Crippen LogP contribution in [0.3, 0.4) is 0 Å². The molecule has 0 atom stereocenters. The Hall–Kier alpha value is -3.28. The summed E-state index contributed by atoms with van der Waals surface area (Å²) in [6.07, 6.45) is 3.77. The number of aromatic hydroxyl groups is 1. The van der Waals surface area contributed by atoms with Crippen LogP contribution < -0.4 is 5.32 Å². The normalized spacial score (nSPS) is 10.5. The predicted molar refractivity (Wildman–Crippen MR) is 97.7 cm³/mol. The number of carbonyl (C=O) groups excluding carboxylic acids is 2. The van der Waals surface area contributed by atoms with Gasteiger partial charge in [-0.05, 0) is 29.7 Å². The van der Waals surface area contributed by atoms with Crippen molar-refractivity contribution in [3.8, 4) is 5.75 Å². The quantitative estimate of drug-likeness (QED) is 0.586. The molecule has 2 aromatic carbocycles. The number of rotatable bonds is 7. The van der Waals surface area contributed by atoms with Gasteiger partial charge in [-0.15, -0.1) is 0 Å². The first kappa shape index (κ1) is 19.1. The summed E-state index contributed by atoms with van der Waals surface area (Å²) in [6.45, 7) is 0.657. The van der Waals surface area contributed by atoms with Crippen LogP contribution in [0.15, 0.2) is 54.6 Å². The first-order chi connectivity index (χ1) is 12.6. The maximum atomic E-state index is 11.6. The third-order valence-corrected chi connectivity index (χ3v) is 3.53. The molecule has 1 amide bonds. The number of carbonyl (C=O) groups is 2. The minimum absolute atomic E-state index is 0.118. The van der Waals surface area contributed by atoms with Crippen LogP contribution in [-0.4, -0.2) is 30.8 Å². The second kappa shape index (κ2) is 9.88. The Balaban J connectivity index is 1.71. The molecule has 2 rings (SSSR count). The van der Waals surface area contributed by atoms with E-state index < -0.39 is 12.1 Å². The molecule has 6 nitrogen and oxygen atoms in total. The first-order valence-corrected chi connectivity index (χ1v) is 8.12. The molecule has 0 aliphatic rings. The zero-order valence-corrected chi connectivity index (χ0v) is 14.5. The zero-order chi connectivity index (χ0) is 18.8. The lowest BCUT2D eigenvalue weighted by atomic mass is 10.1. The summed E-state index contributed by atoms with van der Waals surface area (Å²) in [5.74, 6) is -0.724. The molecule has 2 N–H and O–H groups in total. The second-order valence-electron chi connectivity index (χ2n) is 5.45.